The van der Waals surface area contributed by atoms with Gasteiger partial charge in [0.2, 0.25) is 12.7 Å². The van der Waals surface area contributed by atoms with Gasteiger partial charge in [-0.05, 0) is 36.2 Å². The summed E-state index contributed by atoms with van der Waals surface area (Å²) in [6.45, 7) is 3.07. The van der Waals surface area contributed by atoms with E-state index in [2.05, 4.69) is 64.6 Å². The van der Waals surface area contributed by atoms with Gasteiger partial charge in [-0.2, -0.15) is 5.10 Å². The number of aryl methyl sites for hydroxylation is 1. The normalized spacial score (nSPS) is 12.5. The number of hydrazone groups is 1. The molecule has 6 heteroatoms. The number of carbonyl (C=O) groups excluding carboxylic acids is 1. The fourth-order valence-corrected chi connectivity index (χ4v) is 3.85. The van der Waals surface area contributed by atoms with Crippen LogP contribution in [0, 0.1) is 6.92 Å². The molecule has 0 unspecified atom stereocenters. The van der Waals surface area contributed by atoms with Crippen molar-refractivity contribution in [2.45, 2.75) is 19.9 Å². The lowest BCUT2D eigenvalue weighted by Crippen LogP contribution is -2.19. The number of rotatable bonds is 6. The van der Waals surface area contributed by atoms with Crippen LogP contribution in [0.2, 0.25) is 0 Å². The average molecular weight is 425 g/mol. The molecule has 6 nitrogen and oxygen atoms in total. The van der Waals surface area contributed by atoms with Gasteiger partial charge < -0.3 is 14.0 Å². The lowest BCUT2D eigenvalue weighted by atomic mass is 10.1. The van der Waals surface area contributed by atoms with Crippen molar-refractivity contribution in [2.75, 3.05) is 6.79 Å². The van der Waals surface area contributed by atoms with Gasteiger partial charge in [-0.15, -0.1) is 0 Å². The van der Waals surface area contributed by atoms with Crippen molar-refractivity contribution in [3.8, 4) is 11.5 Å². The van der Waals surface area contributed by atoms with Gasteiger partial charge >= 0.3 is 0 Å². The van der Waals surface area contributed by atoms with Crippen molar-refractivity contribution < 1.29 is 14.3 Å². The molecule has 1 aliphatic rings. The summed E-state index contributed by atoms with van der Waals surface area (Å²) in [5, 5.41) is 5.29. The monoisotopic (exact) mass is 425 g/mol. The van der Waals surface area contributed by atoms with Gasteiger partial charge in [-0.3, -0.25) is 4.79 Å². The SMILES string of the molecule is Cc1ccc(Cn2cc(/C=N\NC(=O)Cc3ccc4c(c3)OCO4)c3ccccc32)cc1. The van der Waals surface area contributed by atoms with Crippen molar-refractivity contribution in [2.24, 2.45) is 5.10 Å². The molecule has 0 bridgehead atoms. The number of hydrogen-bond acceptors (Lipinski definition) is 4. The van der Waals surface area contributed by atoms with Crippen LogP contribution in [0.3, 0.4) is 0 Å². The summed E-state index contributed by atoms with van der Waals surface area (Å²) in [7, 11) is 0. The molecule has 0 radical (unpaired) electrons. The van der Waals surface area contributed by atoms with E-state index in [9.17, 15) is 4.79 Å². The van der Waals surface area contributed by atoms with Gasteiger partial charge in [0.15, 0.2) is 11.5 Å². The molecule has 2 heterocycles. The largest absolute Gasteiger partial charge is 0.454 e. The molecule has 0 spiro atoms. The first-order valence-corrected chi connectivity index (χ1v) is 10.5. The van der Waals surface area contributed by atoms with E-state index in [4.69, 9.17) is 9.47 Å². The van der Waals surface area contributed by atoms with E-state index in [1.54, 1.807) is 6.21 Å². The summed E-state index contributed by atoms with van der Waals surface area (Å²) >= 11 is 0. The highest BCUT2D eigenvalue weighted by atomic mass is 16.7. The van der Waals surface area contributed by atoms with Gasteiger partial charge in [0.25, 0.3) is 0 Å². The van der Waals surface area contributed by atoms with E-state index in [0.29, 0.717) is 11.5 Å². The number of carbonyl (C=O) groups is 1. The van der Waals surface area contributed by atoms with Crippen LogP contribution >= 0.6 is 0 Å². The second-order valence-electron chi connectivity index (χ2n) is 7.87. The maximum atomic E-state index is 12.3. The van der Waals surface area contributed by atoms with E-state index in [-0.39, 0.29) is 19.1 Å². The zero-order valence-corrected chi connectivity index (χ0v) is 17.7. The minimum Gasteiger partial charge on any atom is -0.454 e. The first-order chi connectivity index (χ1) is 15.7. The van der Waals surface area contributed by atoms with E-state index in [1.807, 2.05) is 30.3 Å². The van der Waals surface area contributed by atoms with Gasteiger partial charge in [0.05, 0.1) is 12.6 Å². The molecule has 1 aromatic heterocycles. The Morgan fingerprint density at radius 3 is 2.69 bits per heavy atom. The molecule has 0 saturated carbocycles. The van der Waals surface area contributed by atoms with E-state index in [0.717, 1.165) is 28.6 Å². The molecule has 0 saturated heterocycles. The molecular formula is C26H23N3O3. The van der Waals surface area contributed by atoms with Crippen LogP contribution in [0.1, 0.15) is 22.3 Å². The molecule has 1 N–H and O–H groups in total. The Kier molecular flexibility index (Phi) is 5.34. The fourth-order valence-electron chi connectivity index (χ4n) is 3.85. The number of amides is 1. The maximum absolute atomic E-state index is 12.3. The standard InChI is InChI=1S/C26H23N3O3/c1-18-6-8-19(9-7-18)15-29-16-21(22-4-2-3-5-23(22)29)14-27-28-26(30)13-20-10-11-24-25(12-20)32-17-31-24/h2-12,14,16H,13,15,17H2,1H3,(H,28,30)/b27-14-. The molecule has 4 aromatic rings. The summed E-state index contributed by atoms with van der Waals surface area (Å²) in [4.78, 5) is 12.3. The zero-order chi connectivity index (χ0) is 21.9. The van der Waals surface area contributed by atoms with Crippen LogP contribution in [0.25, 0.3) is 10.9 Å². The molecule has 3 aromatic carbocycles. The van der Waals surface area contributed by atoms with Crippen LogP contribution in [0.4, 0.5) is 0 Å². The number of aromatic nitrogens is 1. The second-order valence-corrected chi connectivity index (χ2v) is 7.87. The Hall–Kier alpha value is -4.06. The first-order valence-electron chi connectivity index (χ1n) is 10.5. The summed E-state index contributed by atoms with van der Waals surface area (Å²) < 4.78 is 12.9. The number of benzene rings is 3. The molecular weight excluding hydrogens is 402 g/mol. The third-order valence-corrected chi connectivity index (χ3v) is 5.49. The van der Waals surface area contributed by atoms with Crippen LogP contribution in [0.15, 0.2) is 78.0 Å². The first kappa shape index (κ1) is 19.9. The smallest absolute Gasteiger partial charge is 0.244 e. The molecule has 0 fully saturated rings. The number of para-hydroxylation sites is 1. The predicted molar refractivity (Wildman–Crippen MR) is 124 cm³/mol. The number of fused-ring (bicyclic) bond motifs is 2. The molecule has 0 aliphatic carbocycles. The van der Waals surface area contributed by atoms with Crippen molar-refractivity contribution in [3.63, 3.8) is 0 Å². The molecule has 1 aliphatic heterocycles. The van der Waals surface area contributed by atoms with Crippen LogP contribution in [-0.4, -0.2) is 23.5 Å². The quantitative estimate of drug-likeness (QED) is 0.367. The summed E-state index contributed by atoms with van der Waals surface area (Å²) in [5.74, 6) is 1.18. The zero-order valence-electron chi connectivity index (χ0n) is 17.7. The summed E-state index contributed by atoms with van der Waals surface area (Å²) in [6, 6.07) is 22.2. The van der Waals surface area contributed by atoms with E-state index >= 15 is 0 Å². The third kappa shape index (κ3) is 4.21. The van der Waals surface area contributed by atoms with Crippen LogP contribution < -0.4 is 14.9 Å². The summed E-state index contributed by atoms with van der Waals surface area (Å²) in [6.07, 6.45) is 3.98. The number of nitrogens with zero attached hydrogens (tertiary/aromatic N) is 2. The number of hydrogen-bond donors (Lipinski definition) is 1. The van der Waals surface area contributed by atoms with E-state index < -0.39 is 0 Å². The lowest BCUT2D eigenvalue weighted by molar-refractivity contribution is -0.120. The molecule has 1 amide bonds. The topological polar surface area (TPSA) is 64.9 Å². The Bertz CT molecular complexity index is 1310. The van der Waals surface area contributed by atoms with Gasteiger partial charge in [-0.25, -0.2) is 5.43 Å². The van der Waals surface area contributed by atoms with Crippen LogP contribution in [-0.2, 0) is 17.8 Å². The highest BCUT2D eigenvalue weighted by Crippen LogP contribution is 2.32. The number of nitrogens with one attached hydrogen (secondary N) is 1. The van der Waals surface area contributed by atoms with Gasteiger partial charge in [0.1, 0.15) is 0 Å². The van der Waals surface area contributed by atoms with Crippen LogP contribution in [0.5, 0.6) is 11.5 Å². The fraction of sp³-hybridized carbons (Fsp3) is 0.154. The van der Waals surface area contributed by atoms with Gasteiger partial charge in [-0.1, -0.05) is 54.1 Å². The Morgan fingerprint density at radius 1 is 1.03 bits per heavy atom. The average Bonchev–Trinajstić information content (AvgIpc) is 3.40. The summed E-state index contributed by atoms with van der Waals surface area (Å²) in [5.41, 5.74) is 8.03. The predicted octanol–water partition coefficient (Wildman–Crippen LogP) is 4.42. The van der Waals surface area contributed by atoms with E-state index in [1.165, 1.54) is 11.1 Å². The third-order valence-electron chi connectivity index (χ3n) is 5.49. The molecule has 160 valence electrons. The Labute approximate surface area is 186 Å². The molecule has 0 atom stereocenters. The highest BCUT2D eigenvalue weighted by molar-refractivity contribution is 5.99. The number of ether oxygens (including phenoxy) is 2. The minimum absolute atomic E-state index is 0.191. The highest BCUT2D eigenvalue weighted by Gasteiger charge is 2.14. The van der Waals surface area contributed by atoms with Crippen molar-refractivity contribution in [1.29, 1.82) is 0 Å². The Morgan fingerprint density at radius 2 is 1.81 bits per heavy atom. The second kappa shape index (κ2) is 8.59. The minimum atomic E-state index is -0.191. The van der Waals surface area contributed by atoms with Gasteiger partial charge in [0, 0.05) is 29.2 Å². The lowest BCUT2D eigenvalue weighted by Gasteiger charge is -2.06. The maximum Gasteiger partial charge on any atom is 0.244 e. The Balaban J connectivity index is 1.29. The molecule has 32 heavy (non-hydrogen) atoms. The molecule has 5 rings (SSSR count). The van der Waals surface area contributed by atoms with Crippen molar-refractivity contribution in [1.82, 2.24) is 9.99 Å². The van der Waals surface area contributed by atoms with Crippen molar-refractivity contribution >= 4 is 23.0 Å². The van der Waals surface area contributed by atoms with Crippen molar-refractivity contribution in [3.05, 3.63) is 95.2 Å².